The lowest BCUT2D eigenvalue weighted by molar-refractivity contribution is 1.09. The largest absolute Gasteiger partial charge is 0.374 e. The number of aromatic nitrogens is 3. The Morgan fingerprint density at radius 3 is 2.64 bits per heavy atom. The normalized spacial score (nSPS) is 10.4. The van der Waals surface area contributed by atoms with Gasteiger partial charge in [0, 0.05) is 17.5 Å². The molecule has 0 aliphatic heterocycles. The summed E-state index contributed by atoms with van der Waals surface area (Å²) < 4.78 is 0. The Labute approximate surface area is 85.8 Å². The molecule has 2 rings (SSSR count). The summed E-state index contributed by atoms with van der Waals surface area (Å²) in [5, 5.41) is 9.13. The minimum Gasteiger partial charge on any atom is -0.374 e. The van der Waals surface area contributed by atoms with E-state index in [2.05, 4.69) is 15.2 Å². The fraction of sp³-hybridized carbons (Fsp3) is 0.222. The van der Waals surface area contributed by atoms with E-state index >= 15 is 0 Å². The molecule has 0 unspecified atom stereocenters. The van der Waals surface area contributed by atoms with Crippen LogP contribution in [0, 0.1) is 13.8 Å². The van der Waals surface area contributed by atoms with Crippen molar-refractivity contribution in [1.82, 2.24) is 15.2 Å². The van der Waals surface area contributed by atoms with E-state index < -0.39 is 0 Å². The molecule has 0 saturated carbocycles. The minimum absolute atomic E-state index is 0.489. The highest BCUT2D eigenvalue weighted by atomic mass is 32.1. The number of nitrogens with two attached hydrogens (primary N) is 1. The van der Waals surface area contributed by atoms with Gasteiger partial charge in [-0.15, -0.1) is 10.2 Å². The fourth-order valence-electron chi connectivity index (χ4n) is 1.35. The van der Waals surface area contributed by atoms with Gasteiger partial charge in [0.2, 0.25) is 5.13 Å². The summed E-state index contributed by atoms with van der Waals surface area (Å²) in [5.74, 6) is 0. The van der Waals surface area contributed by atoms with Crippen molar-refractivity contribution in [3.8, 4) is 10.6 Å². The van der Waals surface area contributed by atoms with Gasteiger partial charge in [-0.05, 0) is 25.5 Å². The number of nitrogen functional groups attached to an aromatic ring is 1. The molecule has 4 nitrogen and oxygen atoms in total. The second kappa shape index (κ2) is 3.34. The highest BCUT2D eigenvalue weighted by Crippen LogP contribution is 2.28. The van der Waals surface area contributed by atoms with Crippen molar-refractivity contribution < 1.29 is 0 Å². The maximum atomic E-state index is 5.54. The van der Waals surface area contributed by atoms with E-state index in [9.17, 15) is 0 Å². The standard InChI is InChI=1S/C9H10N4S/c1-5-3-4-11-6(2)7(5)8-12-13-9(10)14-8/h3-4H,1-2H3,(H2,10,13). The van der Waals surface area contributed by atoms with E-state index in [0.29, 0.717) is 5.13 Å². The van der Waals surface area contributed by atoms with Crippen molar-refractivity contribution in [3.63, 3.8) is 0 Å². The predicted molar refractivity (Wildman–Crippen MR) is 57.0 cm³/mol. The summed E-state index contributed by atoms with van der Waals surface area (Å²) in [7, 11) is 0. The van der Waals surface area contributed by atoms with Crippen LogP contribution in [0.4, 0.5) is 5.13 Å². The van der Waals surface area contributed by atoms with Crippen LogP contribution in [0.3, 0.4) is 0 Å². The highest BCUT2D eigenvalue weighted by Gasteiger charge is 2.10. The number of hydrogen-bond donors (Lipinski definition) is 1. The first-order valence-corrected chi connectivity index (χ1v) is 5.01. The van der Waals surface area contributed by atoms with Gasteiger partial charge in [0.05, 0.1) is 0 Å². The fourth-order valence-corrected chi connectivity index (χ4v) is 2.13. The first-order chi connectivity index (χ1) is 6.68. The van der Waals surface area contributed by atoms with Crippen LogP contribution in [0.25, 0.3) is 10.6 Å². The van der Waals surface area contributed by atoms with Gasteiger partial charge in [-0.3, -0.25) is 4.98 Å². The molecule has 2 heterocycles. The van der Waals surface area contributed by atoms with Gasteiger partial charge in [0.25, 0.3) is 0 Å². The lowest BCUT2D eigenvalue weighted by atomic mass is 10.1. The Hall–Kier alpha value is -1.49. The third-order valence-electron chi connectivity index (χ3n) is 2.00. The predicted octanol–water partition coefficient (Wildman–Crippen LogP) is 1.80. The quantitative estimate of drug-likeness (QED) is 0.772. The number of anilines is 1. The smallest absolute Gasteiger partial charge is 0.203 e. The van der Waals surface area contributed by atoms with Gasteiger partial charge in [0.1, 0.15) is 0 Å². The van der Waals surface area contributed by atoms with Crippen LogP contribution in [0.2, 0.25) is 0 Å². The molecule has 0 atom stereocenters. The summed E-state index contributed by atoms with van der Waals surface area (Å²) in [4.78, 5) is 4.22. The number of nitrogens with zero attached hydrogens (tertiary/aromatic N) is 3. The molecule has 14 heavy (non-hydrogen) atoms. The summed E-state index contributed by atoms with van der Waals surface area (Å²) in [5.41, 5.74) is 8.69. The summed E-state index contributed by atoms with van der Waals surface area (Å²) >= 11 is 1.38. The summed E-state index contributed by atoms with van der Waals surface area (Å²) in [6.45, 7) is 3.99. The Morgan fingerprint density at radius 2 is 2.07 bits per heavy atom. The second-order valence-electron chi connectivity index (χ2n) is 3.03. The lowest BCUT2D eigenvalue weighted by Gasteiger charge is -2.03. The third-order valence-corrected chi connectivity index (χ3v) is 2.77. The van der Waals surface area contributed by atoms with Crippen molar-refractivity contribution in [2.45, 2.75) is 13.8 Å². The van der Waals surface area contributed by atoms with E-state index in [4.69, 9.17) is 5.73 Å². The third kappa shape index (κ3) is 1.46. The Morgan fingerprint density at radius 1 is 1.29 bits per heavy atom. The summed E-state index contributed by atoms with van der Waals surface area (Å²) in [6, 6.07) is 1.96. The zero-order valence-corrected chi connectivity index (χ0v) is 8.80. The Bertz CT molecular complexity index is 443. The van der Waals surface area contributed by atoms with Crippen LogP contribution >= 0.6 is 11.3 Å². The number of pyridine rings is 1. The lowest BCUT2D eigenvalue weighted by Crippen LogP contribution is -1.90. The summed E-state index contributed by atoms with van der Waals surface area (Å²) in [6.07, 6.45) is 1.79. The molecule has 0 radical (unpaired) electrons. The molecule has 2 aromatic rings. The molecular formula is C9H10N4S. The number of hydrogen-bond acceptors (Lipinski definition) is 5. The van der Waals surface area contributed by atoms with E-state index in [1.165, 1.54) is 11.3 Å². The van der Waals surface area contributed by atoms with Gasteiger partial charge >= 0.3 is 0 Å². The van der Waals surface area contributed by atoms with Crippen molar-refractivity contribution in [2.24, 2.45) is 0 Å². The van der Waals surface area contributed by atoms with Gasteiger partial charge in [-0.2, -0.15) is 0 Å². The number of rotatable bonds is 1. The molecule has 72 valence electrons. The average molecular weight is 206 g/mol. The molecule has 2 N–H and O–H groups in total. The molecule has 0 bridgehead atoms. The van der Waals surface area contributed by atoms with Crippen molar-refractivity contribution in [1.29, 1.82) is 0 Å². The van der Waals surface area contributed by atoms with Gasteiger partial charge < -0.3 is 5.73 Å². The van der Waals surface area contributed by atoms with Crippen LogP contribution in [0.15, 0.2) is 12.3 Å². The molecule has 0 aromatic carbocycles. The average Bonchev–Trinajstić information content (AvgIpc) is 2.51. The molecule has 2 aromatic heterocycles. The van der Waals surface area contributed by atoms with Crippen LogP contribution in [0.1, 0.15) is 11.3 Å². The zero-order valence-electron chi connectivity index (χ0n) is 7.98. The van der Waals surface area contributed by atoms with Crippen LogP contribution in [-0.4, -0.2) is 15.2 Å². The first-order valence-electron chi connectivity index (χ1n) is 4.20. The molecule has 0 aliphatic rings. The molecule has 0 saturated heterocycles. The maximum absolute atomic E-state index is 5.54. The van der Waals surface area contributed by atoms with Crippen molar-refractivity contribution >= 4 is 16.5 Å². The highest BCUT2D eigenvalue weighted by molar-refractivity contribution is 7.18. The van der Waals surface area contributed by atoms with Crippen molar-refractivity contribution in [2.75, 3.05) is 5.73 Å². The van der Waals surface area contributed by atoms with Gasteiger partial charge in [-0.25, -0.2) is 0 Å². The van der Waals surface area contributed by atoms with E-state index in [0.717, 1.165) is 21.8 Å². The maximum Gasteiger partial charge on any atom is 0.203 e. The minimum atomic E-state index is 0.489. The van der Waals surface area contributed by atoms with E-state index in [1.54, 1.807) is 6.20 Å². The Kier molecular flexibility index (Phi) is 2.17. The second-order valence-corrected chi connectivity index (χ2v) is 4.04. The molecule has 0 amide bonds. The molecule has 0 spiro atoms. The Balaban J connectivity index is 2.61. The van der Waals surface area contributed by atoms with Gasteiger partial charge in [-0.1, -0.05) is 11.3 Å². The van der Waals surface area contributed by atoms with E-state index in [1.807, 2.05) is 19.9 Å². The molecule has 5 heteroatoms. The zero-order chi connectivity index (χ0) is 10.1. The SMILES string of the molecule is Cc1ccnc(C)c1-c1nnc(N)s1. The van der Waals surface area contributed by atoms with Gasteiger partial charge in [0.15, 0.2) is 5.01 Å². The molecule has 0 aliphatic carbocycles. The van der Waals surface area contributed by atoms with Crippen LogP contribution in [-0.2, 0) is 0 Å². The van der Waals surface area contributed by atoms with E-state index in [-0.39, 0.29) is 0 Å². The first kappa shape index (κ1) is 9.08. The monoisotopic (exact) mass is 206 g/mol. The topological polar surface area (TPSA) is 64.7 Å². The number of aryl methyl sites for hydroxylation is 2. The molecular weight excluding hydrogens is 196 g/mol. The molecule has 0 fully saturated rings. The van der Waals surface area contributed by atoms with Crippen LogP contribution < -0.4 is 5.73 Å². The van der Waals surface area contributed by atoms with Crippen LogP contribution in [0.5, 0.6) is 0 Å². The van der Waals surface area contributed by atoms with Crippen molar-refractivity contribution in [3.05, 3.63) is 23.5 Å².